The Morgan fingerprint density at radius 2 is 1.69 bits per heavy atom. The van der Waals surface area contributed by atoms with Crippen molar-refractivity contribution in [3.63, 3.8) is 0 Å². The Morgan fingerprint density at radius 1 is 1.03 bits per heavy atom. The molecule has 0 aliphatic carbocycles. The number of aryl methyl sites for hydroxylation is 1. The van der Waals surface area contributed by atoms with E-state index in [-0.39, 0.29) is 5.91 Å². The van der Waals surface area contributed by atoms with E-state index in [1.807, 2.05) is 35.2 Å². The van der Waals surface area contributed by atoms with Crippen molar-refractivity contribution in [2.75, 3.05) is 44.2 Å². The van der Waals surface area contributed by atoms with Crippen molar-refractivity contribution in [3.8, 4) is 5.69 Å². The number of halogens is 1. The fraction of sp³-hybridized carbons (Fsp3) is 0.448. The van der Waals surface area contributed by atoms with Crippen molar-refractivity contribution in [3.05, 3.63) is 76.4 Å². The topological polar surface area (TPSA) is 44.6 Å². The van der Waals surface area contributed by atoms with Crippen LogP contribution in [-0.2, 0) is 6.54 Å². The van der Waals surface area contributed by atoms with Crippen LogP contribution in [0.1, 0.15) is 48.8 Å². The smallest absolute Gasteiger partial charge is 0.254 e. The van der Waals surface area contributed by atoms with E-state index in [1.165, 1.54) is 0 Å². The molecule has 0 atom stereocenters. The average molecular weight is 508 g/mol. The monoisotopic (exact) mass is 507 g/mol. The standard InChI is InChI=1S/C29H38ClN5O/c1-5-32-17-19-33(20-18-32)28-27(23(4)31-35(28)26-9-7-6-8-10-26)21-34(16-15-22(2)3)29(36)24-11-13-25(30)14-12-24/h6-14,22H,5,15-21H2,1-4H3. The number of carbonyl (C=O) groups is 1. The first-order valence-corrected chi connectivity index (χ1v) is 13.4. The number of hydrogen-bond acceptors (Lipinski definition) is 4. The lowest BCUT2D eigenvalue weighted by Gasteiger charge is -2.36. The zero-order chi connectivity index (χ0) is 25.7. The molecule has 192 valence electrons. The molecule has 1 fully saturated rings. The molecule has 0 bridgehead atoms. The summed E-state index contributed by atoms with van der Waals surface area (Å²) in [5, 5.41) is 5.63. The molecule has 1 aromatic heterocycles. The SMILES string of the molecule is CCN1CCN(c2c(CN(CCC(C)C)C(=O)c3ccc(Cl)cc3)c(C)nn2-c2ccccc2)CC1. The van der Waals surface area contributed by atoms with Gasteiger partial charge in [-0.05, 0) is 62.2 Å². The van der Waals surface area contributed by atoms with Gasteiger partial charge in [0, 0.05) is 48.9 Å². The van der Waals surface area contributed by atoms with Crippen LogP contribution < -0.4 is 4.90 Å². The van der Waals surface area contributed by atoms with E-state index >= 15 is 0 Å². The van der Waals surface area contributed by atoms with Crippen molar-refractivity contribution in [2.24, 2.45) is 5.92 Å². The number of para-hydroxylation sites is 1. The van der Waals surface area contributed by atoms with Gasteiger partial charge in [0.1, 0.15) is 5.82 Å². The van der Waals surface area contributed by atoms with Gasteiger partial charge in [0.05, 0.1) is 17.9 Å². The van der Waals surface area contributed by atoms with Gasteiger partial charge in [-0.1, -0.05) is 50.6 Å². The van der Waals surface area contributed by atoms with Crippen molar-refractivity contribution < 1.29 is 4.79 Å². The Bertz CT molecular complexity index is 1130. The first-order chi connectivity index (χ1) is 17.4. The highest BCUT2D eigenvalue weighted by molar-refractivity contribution is 6.30. The van der Waals surface area contributed by atoms with Gasteiger partial charge in [0.15, 0.2) is 0 Å². The summed E-state index contributed by atoms with van der Waals surface area (Å²) >= 11 is 6.09. The Hall–Kier alpha value is -2.83. The second-order valence-corrected chi connectivity index (χ2v) is 10.4. The van der Waals surface area contributed by atoms with Crippen LogP contribution in [0.15, 0.2) is 54.6 Å². The summed E-state index contributed by atoms with van der Waals surface area (Å²) in [4.78, 5) is 20.6. The Labute approximate surface area is 220 Å². The maximum absolute atomic E-state index is 13.7. The molecule has 1 saturated heterocycles. The molecule has 1 aliphatic rings. The van der Waals surface area contributed by atoms with Gasteiger partial charge < -0.3 is 14.7 Å². The van der Waals surface area contributed by atoms with Crippen LogP contribution in [-0.4, -0.2) is 64.8 Å². The first-order valence-electron chi connectivity index (χ1n) is 13.0. The first kappa shape index (κ1) is 26.2. The lowest BCUT2D eigenvalue weighted by atomic mass is 10.1. The van der Waals surface area contributed by atoms with Gasteiger partial charge in [0.2, 0.25) is 0 Å². The van der Waals surface area contributed by atoms with Crippen LogP contribution in [0, 0.1) is 12.8 Å². The Kier molecular flexibility index (Phi) is 8.70. The van der Waals surface area contributed by atoms with Crippen molar-refractivity contribution in [1.29, 1.82) is 0 Å². The minimum Gasteiger partial charge on any atom is -0.354 e. The predicted molar refractivity (Wildman–Crippen MR) is 148 cm³/mol. The number of amides is 1. The number of likely N-dealkylation sites (N-methyl/N-ethyl adjacent to an activating group) is 1. The van der Waals surface area contributed by atoms with Crippen LogP contribution >= 0.6 is 11.6 Å². The third kappa shape index (κ3) is 6.11. The summed E-state index contributed by atoms with van der Waals surface area (Å²) in [6, 6.07) is 17.5. The second kappa shape index (κ2) is 11.9. The predicted octanol–water partition coefficient (Wildman–Crippen LogP) is 5.66. The summed E-state index contributed by atoms with van der Waals surface area (Å²) in [5.74, 6) is 1.63. The molecule has 0 N–H and O–H groups in total. The second-order valence-electron chi connectivity index (χ2n) is 9.97. The molecule has 0 radical (unpaired) electrons. The van der Waals surface area contributed by atoms with Crippen molar-refractivity contribution in [2.45, 2.75) is 40.7 Å². The number of carbonyl (C=O) groups excluding carboxylic acids is 1. The largest absolute Gasteiger partial charge is 0.354 e. The summed E-state index contributed by atoms with van der Waals surface area (Å²) in [7, 11) is 0. The molecule has 0 saturated carbocycles. The molecule has 4 rings (SSSR count). The molecule has 3 aromatic rings. The molecule has 36 heavy (non-hydrogen) atoms. The zero-order valence-electron chi connectivity index (χ0n) is 22.0. The number of hydrogen-bond donors (Lipinski definition) is 0. The lowest BCUT2D eigenvalue weighted by Crippen LogP contribution is -2.47. The van der Waals surface area contributed by atoms with Crippen LogP contribution in [0.3, 0.4) is 0 Å². The van der Waals surface area contributed by atoms with Gasteiger partial charge in [0.25, 0.3) is 5.91 Å². The minimum atomic E-state index is 0.0286. The summed E-state index contributed by atoms with van der Waals surface area (Å²) in [6.45, 7) is 14.9. The highest BCUT2D eigenvalue weighted by atomic mass is 35.5. The summed E-state index contributed by atoms with van der Waals surface area (Å²) in [5.41, 5.74) is 3.78. The molecule has 0 unspecified atom stereocenters. The van der Waals surface area contributed by atoms with Gasteiger partial charge in [-0.2, -0.15) is 5.10 Å². The minimum absolute atomic E-state index is 0.0286. The number of anilines is 1. The number of aromatic nitrogens is 2. The van der Waals surface area contributed by atoms with Gasteiger partial charge in [-0.25, -0.2) is 4.68 Å². The Morgan fingerprint density at radius 3 is 2.31 bits per heavy atom. The molecule has 0 spiro atoms. The lowest BCUT2D eigenvalue weighted by molar-refractivity contribution is 0.0735. The third-order valence-electron chi connectivity index (χ3n) is 6.98. The fourth-order valence-electron chi connectivity index (χ4n) is 4.71. The molecule has 1 aliphatic heterocycles. The summed E-state index contributed by atoms with van der Waals surface area (Å²) < 4.78 is 2.07. The van der Waals surface area contributed by atoms with Gasteiger partial charge in [-0.3, -0.25) is 4.79 Å². The molecular formula is C29H38ClN5O. The average Bonchev–Trinajstić information content (AvgIpc) is 3.22. The number of benzene rings is 2. The third-order valence-corrected chi connectivity index (χ3v) is 7.23. The van der Waals surface area contributed by atoms with E-state index < -0.39 is 0 Å². The quantitative estimate of drug-likeness (QED) is 0.374. The van der Waals surface area contributed by atoms with Crippen LogP contribution in [0.2, 0.25) is 5.02 Å². The van der Waals surface area contributed by atoms with E-state index in [4.69, 9.17) is 16.7 Å². The molecule has 2 aromatic carbocycles. The molecular weight excluding hydrogens is 470 g/mol. The van der Waals surface area contributed by atoms with E-state index in [9.17, 15) is 4.79 Å². The van der Waals surface area contributed by atoms with E-state index in [0.717, 1.165) is 61.9 Å². The Balaban J connectivity index is 1.72. The van der Waals surface area contributed by atoms with Crippen LogP contribution in [0.4, 0.5) is 5.82 Å². The van der Waals surface area contributed by atoms with E-state index in [2.05, 4.69) is 54.3 Å². The normalized spacial score (nSPS) is 14.4. The fourth-order valence-corrected chi connectivity index (χ4v) is 4.84. The number of nitrogens with zero attached hydrogens (tertiary/aromatic N) is 5. The van der Waals surface area contributed by atoms with Crippen molar-refractivity contribution in [1.82, 2.24) is 19.6 Å². The number of piperazine rings is 1. The number of rotatable bonds is 9. The molecule has 2 heterocycles. The maximum Gasteiger partial charge on any atom is 0.254 e. The van der Waals surface area contributed by atoms with Crippen LogP contribution in [0.5, 0.6) is 0 Å². The molecule has 6 nitrogen and oxygen atoms in total. The van der Waals surface area contributed by atoms with E-state index in [1.54, 1.807) is 12.1 Å². The highest BCUT2D eigenvalue weighted by Gasteiger charge is 2.28. The van der Waals surface area contributed by atoms with Gasteiger partial charge >= 0.3 is 0 Å². The zero-order valence-corrected chi connectivity index (χ0v) is 22.7. The summed E-state index contributed by atoms with van der Waals surface area (Å²) in [6.07, 6.45) is 0.940. The maximum atomic E-state index is 13.7. The molecule has 1 amide bonds. The van der Waals surface area contributed by atoms with Crippen molar-refractivity contribution >= 4 is 23.3 Å². The van der Waals surface area contributed by atoms with E-state index in [0.29, 0.717) is 29.6 Å². The highest BCUT2D eigenvalue weighted by Crippen LogP contribution is 2.30. The van der Waals surface area contributed by atoms with Crippen LogP contribution in [0.25, 0.3) is 5.69 Å². The van der Waals surface area contributed by atoms with Gasteiger partial charge in [-0.15, -0.1) is 0 Å². The molecule has 7 heteroatoms.